The third-order valence-corrected chi connectivity index (χ3v) is 12.1. The molecule has 10 unspecified atom stereocenters. The topological polar surface area (TPSA) is 35.5 Å². The molecule has 4 aliphatic carbocycles. The van der Waals surface area contributed by atoms with Gasteiger partial charge in [0.15, 0.2) is 0 Å². The van der Waals surface area contributed by atoms with Gasteiger partial charge in [0, 0.05) is 24.1 Å². The van der Waals surface area contributed by atoms with E-state index in [-0.39, 0.29) is 5.97 Å². The number of ether oxygens (including phenoxy) is 2. The van der Waals surface area contributed by atoms with Gasteiger partial charge in [-0.05, 0) is 111 Å². The number of rotatable bonds is 5. The van der Waals surface area contributed by atoms with Crippen molar-refractivity contribution in [2.75, 3.05) is 6.61 Å². The number of allylic oxidation sites excluding steroid dienone is 1. The monoisotopic (exact) mass is 520 g/mol. The second-order valence-corrected chi connectivity index (χ2v) is 14.3. The van der Waals surface area contributed by atoms with Crippen molar-refractivity contribution in [3.63, 3.8) is 0 Å². The van der Waals surface area contributed by atoms with E-state index >= 15 is 0 Å². The number of halogens is 1. The molecule has 0 saturated heterocycles. The van der Waals surface area contributed by atoms with Crippen molar-refractivity contribution < 1.29 is 14.3 Å². The molecule has 0 radical (unpaired) electrons. The molecule has 0 bridgehead atoms. The van der Waals surface area contributed by atoms with Gasteiger partial charge in [0.05, 0.1) is 12.4 Å². The number of hydrogen-bond acceptors (Lipinski definition) is 3. The summed E-state index contributed by atoms with van der Waals surface area (Å²) in [6, 6.07) is 0. The molecule has 1 aliphatic heterocycles. The third-order valence-electron chi connectivity index (χ3n) is 11.2. The Hall–Kier alpha value is -0.510. The molecule has 0 aromatic heterocycles. The predicted molar refractivity (Wildman–Crippen MR) is 136 cm³/mol. The number of alkyl halides is 1. The van der Waals surface area contributed by atoms with Crippen LogP contribution in [0, 0.1) is 46.3 Å². The lowest BCUT2D eigenvalue weighted by Crippen LogP contribution is -2.53. The van der Waals surface area contributed by atoms with Crippen LogP contribution >= 0.6 is 15.9 Å². The molecule has 33 heavy (non-hydrogen) atoms. The normalized spacial score (nSPS) is 47.2. The first kappa shape index (κ1) is 24.2. The van der Waals surface area contributed by atoms with E-state index in [1.165, 1.54) is 64.0 Å². The van der Waals surface area contributed by atoms with Crippen molar-refractivity contribution in [1.82, 2.24) is 0 Å². The summed E-state index contributed by atoms with van der Waals surface area (Å²) in [6.07, 6.45) is 13.6. The van der Waals surface area contributed by atoms with Crippen molar-refractivity contribution in [2.45, 2.75) is 110 Å². The SMILES string of the molecule is CC(=O)OCC(C)CCC1=C(C)C2C(CC3C4CCC5CC(Br)CCC5(C)C4CCC32C)O1. The molecule has 1 heterocycles. The summed E-state index contributed by atoms with van der Waals surface area (Å²) in [4.78, 5) is 11.9. The van der Waals surface area contributed by atoms with Gasteiger partial charge in [0.2, 0.25) is 0 Å². The van der Waals surface area contributed by atoms with Gasteiger partial charge in [-0.3, -0.25) is 4.79 Å². The highest BCUT2D eigenvalue weighted by Crippen LogP contribution is 2.70. The fourth-order valence-electron chi connectivity index (χ4n) is 9.51. The molecule has 0 amide bonds. The summed E-state index contributed by atoms with van der Waals surface area (Å²) >= 11 is 3.95. The highest BCUT2D eigenvalue weighted by Gasteiger charge is 2.64. The highest BCUT2D eigenvalue weighted by atomic mass is 79.9. The Balaban J connectivity index is 1.28. The Morgan fingerprint density at radius 3 is 2.64 bits per heavy atom. The first-order valence-corrected chi connectivity index (χ1v) is 14.7. The fraction of sp³-hybridized carbons (Fsp3) is 0.897. The second-order valence-electron chi connectivity index (χ2n) is 13.0. The van der Waals surface area contributed by atoms with Crippen molar-refractivity contribution in [3.8, 4) is 0 Å². The van der Waals surface area contributed by atoms with E-state index < -0.39 is 0 Å². The van der Waals surface area contributed by atoms with Crippen molar-refractivity contribution in [1.29, 1.82) is 0 Å². The maximum atomic E-state index is 11.1. The highest BCUT2D eigenvalue weighted by molar-refractivity contribution is 9.09. The molecule has 0 N–H and O–H groups in total. The Morgan fingerprint density at radius 2 is 1.88 bits per heavy atom. The lowest BCUT2D eigenvalue weighted by Gasteiger charge is -2.61. The van der Waals surface area contributed by atoms with Crippen LogP contribution in [0.1, 0.15) is 98.8 Å². The van der Waals surface area contributed by atoms with Gasteiger partial charge in [-0.15, -0.1) is 0 Å². The summed E-state index contributed by atoms with van der Waals surface area (Å²) in [5.41, 5.74) is 2.53. The molecule has 5 aliphatic rings. The number of carbonyl (C=O) groups excluding carboxylic acids is 1. The van der Waals surface area contributed by atoms with Crippen molar-refractivity contribution >= 4 is 21.9 Å². The molecular weight excluding hydrogens is 476 g/mol. The van der Waals surface area contributed by atoms with Gasteiger partial charge in [-0.2, -0.15) is 0 Å². The first-order chi connectivity index (χ1) is 15.6. The zero-order valence-corrected chi connectivity index (χ0v) is 23.1. The van der Waals surface area contributed by atoms with Crippen molar-refractivity contribution in [2.24, 2.45) is 46.3 Å². The summed E-state index contributed by atoms with van der Waals surface area (Å²) < 4.78 is 11.9. The van der Waals surface area contributed by atoms with E-state index in [1.807, 2.05) is 0 Å². The summed E-state index contributed by atoms with van der Waals surface area (Å²) in [7, 11) is 0. The van der Waals surface area contributed by atoms with Gasteiger partial charge in [0.1, 0.15) is 6.10 Å². The molecule has 10 atom stereocenters. The quantitative estimate of drug-likeness (QED) is 0.275. The Kier molecular flexibility index (Phi) is 6.49. The smallest absolute Gasteiger partial charge is 0.302 e. The van der Waals surface area contributed by atoms with Gasteiger partial charge in [-0.25, -0.2) is 0 Å². The molecule has 3 nitrogen and oxygen atoms in total. The van der Waals surface area contributed by atoms with Crippen LogP contribution in [0.4, 0.5) is 0 Å². The molecule has 0 spiro atoms. The lowest BCUT2D eigenvalue weighted by molar-refractivity contribution is -0.142. The van der Waals surface area contributed by atoms with Gasteiger partial charge in [0.25, 0.3) is 0 Å². The average Bonchev–Trinajstić information content (AvgIpc) is 3.24. The number of carbonyl (C=O) groups is 1. The van der Waals surface area contributed by atoms with Crippen LogP contribution in [0.3, 0.4) is 0 Å². The molecule has 5 rings (SSSR count). The minimum Gasteiger partial charge on any atom is -0.494 e. The fourth-order valence-corrected chi connectivity index (χ4v) is 10.2. The van der Waals surface area contributed by atoms with Crippen LogP contribution in [-0.2, 0) is 14.3 Å². The van der Waals surface area contributed by atoms with E-state index in [0.29, 0.717) is 35.4 Å². The number of fused-ring (bicyclic) bond motifs is 7. The predicted octanol–water partition coefficient (Wildman–Crippen LogP) is 7.67. The average molecular weight is 522 g/mol. The summed E-state index contributed by atoms with van der Waals surface area (Å²) in [6.45, 7) is 11.8. The first-order valence-electron chi connectivity index (χ1n) is 13.8. The third kappa shape index (κ3) is 4.02. The Labute approximate surface area is 209 Å². The zero-order chi connectivity index (χ0) is 23.5. The van der Waals surface area contributed by atoms with Crippen LogP contribution in [0.5, 0.6) is 0 Å². The Morgan fingerprint density at radius 1 is 1.12 bits per heavy atom. The molecule has 0 aromatic carbocycles. The van der Waals surface area contributed by atoms with Gasteiger partial charge >= 0.3 is 5.97 Å². The van der Waals surface area contributed by atoms with E-state index in [2.05, 4.69) is 43.6 Å². The van der Waals surface area contributed by atoms with E-state index in [9.17, 15) is 4.79 Å². The maximum absolute atomic E-state index is 11.1. The van der Waals surface area contributed by atoms with E-state index in [4.69, 9.17) is 9.47 Å². The largest absolute Gasteiger partial charge is 0.494 e. The standard InChI is InChI=1S/C29H45BrO3/c1-17(16-32-19(3)31)6-9-25-18(2)27-26(33-25)15-24-22-8-7-20-14-21(30)10-12-28(20,4)23(22)11-13-29(24,27)5/h17,20-24,26-27H,6-16H2,1-5H3. The molecule has 4 fully saturated rings. The van der Waals surface area contributed by atoms with Gasteiger partial charge in [-0.1, -0.05) is 36.7 Å². The minimum absolute atomic E-state index is 0.179. The zero-order valence-electron chi connectivity index (χ0n) is 21.5. The van der Waals surface area contributed by atoms with E-state index in [1.54, 1.807) is 5.57 Å². The Bertz CT molecular complexity index is 807. The van der Waals surface area contributed by atoms with Crippen LogP contribution in [-0.4, -0.2) is 23.5 Å². The van der Waals surface area contributed by atoms with Crippen LogP contribution in [0.15, 0.2) is 11.3 Å². The van der Waals surface area contributed by atoms with Gasteiger partial charge < -0.3 is 9.47 Å². The van der Waals surface area contributed by atoms with Crippen molar-refractivity contribution in [3.05, 3.63) is 11.3 Å². The molecule has 0 aromatic rings. The lowest BCUT2D eigenvalue weighted by atomic mass is 9.44. The van der Waals surface area contributed by atoms with Crippen LogP contribution in [0.25, 0.3) is 0 Å². The molecular formula is C29H45BrO3. The number of esters is 1. The molecule has 4 heteroatoms. The van der Waals surface area contributed by atoms with Crippen LogP contribution < -0.4 is 0 Å². The summed E-state index contributed by atoms with van der Waals surface area (Å²) in [5, 5.41) is 0. The molecule has 4 saturated carbocycles. The van der Waals surface area contributed by atoms with Crippen LogP contribution in [0.2, 0.25) is 0 Å². The number of hydrogen-bond donors (Lipinski definition) is 0. The van der Waals surface area contributed by atoms with E-state index in [0.717, 1.165) is 41.3 Å². The molecule has 186 valence electrons. The second kappa shape index (κ2) is 8.86. The minimum atomic E-state index is -0.179. The maximum Gasteiger partial charge on any atom is 0.302 e. The summed E-state index contributed by atoms with van der Waals surface area (Å²) in [5.74, 6) is 5.68.